The predicted octanol–water partition coefficient (Wildman–Crippen LogP) is 3.98. The monoisotopic (exact) mass is 294 g/mol. The van der Waals surface area contributed by atoms with Crippen molar-refractivity contribution in [2.45, 2.75) is 13.3 Å². The Morgan fingerprint density at radius 2 is 1.76 bits per heavy atom. The molecule has 0 spiro atoms. The Kier molecular flexibility index (Phi) is 4.92. The fourth-order valence-electron chi connectivity index (χ4n) is 1.64. The van der Waals surface area contributed by atoms with Crippen LogP contribution in [-0.2, 0) is 0 Å². The molecule has 2 rings (SSSR count). The van der Waals surface area contributed by atoms with Crippen LogP contribution in [0.1, 0.15) is 13.3 Å². The van der Waals surface area contributed by atoms with E-state index in [9.17, 15) is 8.78 Å². The molecule has 1 aromatic carbocycles. The van der Waals surface area contributed by atoms with Crippen LogP contribution in [0, 0.1) is 11.6 Å². The van der Waals surface area contributed by atoms with Gasteiger partial charge in [0.2, 0.25) is 0 Å². The zero-order valence-corrected chi connectivity index (χ0v) is 11.8. The molecule has 0 fully saturated rings. The molecule has 1 heterocycles. The van der Waals surface area contributed by atoms with Crippen molar-refractivity contribution in [3.8, 4) is 17.4 Å². The van der Waals surface area contributed by atoms with E-state index in [0.717, 1.165) is 12.5 Å². The number of nitrogens with zero attached hydrogens (tertiary/aromatic N) is 1. The van der Waals surface area contributed by atoms with Crippen LogP contribution in [0.5, 0.6) is 17.4 Å². The van der Waals surface area contributed by atoms with E-state index in [-0.39, 0.29) is 11.7 Å². The van der Waals surface area contributed by atoms with Crippen molar-refractivity contribution in [1.29, 1.82) is 0 Å². The molecule has 0 atom stereocenters. The molecule has 0 aliphatic rings. The number of hydrogen-bond acceptors (Lipinski definition) is 4. The standard InChI is InChI=1S/C15H16F2N2O2/c1-3-8-18-14-12(16)9-13(17)15(19-14)21-11-6-4-10(20-2)5-7-11/h4-7,9H,3,8H2,1-2H3,(H,18,19). The maximum atomic E-state index is 13.7. The van der Waals surface area contributed by atoms with Crippen molar-refractivity contribution in [2.24, 2.45) is 0 Å². The average molecular weight is 294 g/mol. The van der Waals surface area contributed by atoms with Gasteiger partial charge in [0.05, 0.1) is 7.11 Å². The maximum absolute atomic E-state index is 13.7. The van der Waals surface area contributed by atoms with Gasteiger partial charge in [-0.05, 0) is 30.7 Å². The third-order valence-electron chi connectivity index (χ3n) is 2.71. The van der Waals surface area contributed by atoms with E-state index in [1.807, 2.05) is 6.92 Å². The Morgan fingerprint density at radius 3 is 2.38 bits per heavy atom. The topological polar surface area (TPSA) is 43.4 Å². The number of halogens is 2. The van der Waals surface area contributed by atoms with Gasteiger partial charge in [0.25, 0.3) is 5.88 Å². The molecule has 0 saturated heterocycles. The number of aromatic nitrogens is 1. The van der Waals surface area contributed by atoms with Crippen LogP contribution in [0.15, 0.2) is 30.3 Å². The first kappa shape index (κ1) is 15.0. The Bertz CT molecular complexity index is 603. The summed E-state index contributed by atoms with van der Waals surface area (Å²) in [4.78, 5) is 3.83. The second-order valence-corrected chi connectivity index (χ2v) is 4.31. The molecule has 0 aliphatic carbocycles. The third kappa shape index (κ3) is 3.81. The molecular weight excluding hydrogens is 278 g/mol. The first-order valence-electron chi connectivity index (χ1n) is 6.56. The Hall–Kier alpha value is -2.37. The molecule has 2 aromatic rings. The normalized spacial score (nSPS) is 10.3. The van der Waals surface area contributed by atoms with Crippen LogP contribution in [0.2, 0.25) is 0 Å². The van der Waals surface area contributed by atoms with Gasteiger partial charge >= 0.3 is 0 Å². The molecule has 21 heavy (non-hydrogen) atoms. The predicted molar refractivity (Wildman–Crippen MR) is 76.0 cm³/mol. The summed E-state index contributed by atoms with van der Waals surface area (Å²) in [5.74, 6) is -0.870. The number of methoxy groups -OCH3 is 1. The minimum Gasteiger partial charge on any atom is -0.497 e. The van der Waals surface area contributed by atoms with Gasteiger partial charge < -0.3 is 14.8 Å². The van der Waals surface area contributed by atoms with E-state index in [2.05, 4.69) is 10.3 Å². The zero-order valence-electron chi connectivity index (χ0n) is 11.8. The molecular formula is C15H16F2N2O2. The van der Waals surface area contributed by atoms with Crippen LogP contribution in [0.3, 0.4) is 0 Å². The highest BCUT2D eigenvalue weighted by Crippen LogP contribution is 2.27. The maximum Gasteiger partial charge on any atom is 0.258 e. The minimum atomic E-state index is -0.856. The molecule has 0 bridgehead atoms. The Balaban J connectivity index is 2.21. The smallest absolute Gasteiger partial charge is 0.258 e. The van der Waals surface area contributed by atoms with Gasteiger partial charge in [-0.25, -0.2) is 8.78 Å². The highest BCUT2D eigenvalue weighted by molar-refractivity contribution is 5.41. The van der Waals surface area contributed by atoms with Gasteiger partial charge in [0, 0.05) is 12.6 Å². The first-order chi connectivity index (χ1) is 10.1. The molecule has 112 valence electrons. The largest absolute Gasteiger partial charge is 0.497 e. The SMILES string of the molecule is CCCNc1nc(Oc2ccc(OC)cc2)c(F)cc1F. The number of ether oxygens (including phenoxy) is 2. The van der Waals surface area contributed by atoms with Gasteiger partial charge in [0.1, 0.15) is 11.5 Å². The van der Waals surface area contributed by atoms with Crippen LogP contribution >= 0.6 is 0 Å². The molecule has 0 radical (unpaired) electrons. The number of pyridine rings is 1. The van der Waals surface area contributed by atoms with E-state index in [1.54, 1.807) is 31.4 Å². The fraction of sp³-hybridized carbons (Fsp3) is 0.267. The molecule has 1 N–H and O–H groups in total. The summed E-state index contributed by atoms with van der Waals surface area (Å²) in [5, 5.41) is 2.78. The highest BCUT2D eigenvalue weighted by Gasteiger charge is 2.13. The molecule has 4 nitrogen and oxygen atoms in total. The van der Waals surface area contributed by atoms with Gasteiger partial charge in [-0.3, -0.25) is 0 Å². The van der Waals surface area contributed by atoms with Gasteiger partial charge in [-0.15, -0.1) is 0 Å². The third-order valence-corrected chi connectivity index (χ3v) is 2.71. The van der Waals surface area contributed by atoms with Crippen LogP contribution in [0.25, 0.3) is 0 Å². The zero-order chi connectivity index (χ0) is 15.2. The van der Waals surface area contributed by atoms with Crippen molar-refractivity contribution in [2.75, 3.05) is 19.0 Å². The van der Waals surface area contributed by atoms with E-state index in [1.165, 1.54) is 0 Å². The number of nitrogens with one attached hydrogen (secondary N) is 1. The summed E-state index contributed by atoms with van der Waals surface area (Å²) >= 11 is 0. The average Bonchev–Trinajstić information content (AvgIpc) is 2.49. The van der Waals surface area contributed by atoms with E-state index in [0.29, 0.717) is 18.0 Å². The number of anilines is 1. The molecule has 0 amide bonds. The molecule has 0 aliphatic heterocycles. The lowest BCUT2D eigenvalue weighted by Gasteiger charge is -2.10. The lowest BCUT2D eigenvalue weighted by molar-refractivity contribution is 0.406. The first-order valence-corrected chi connectivity index (χ1v) is 6.56. The van der Waals surface area contributed by atoms with E-state index in [4.69, 9.17) is 9.47 Å². The molecule has 6 heteroatoms. The van der Waals surface area contributed by atoms with Gasteiger partial charge in [-0.2, -0.15) is 4.98 Å². The fourth-order valence-corrected chi connectivity index (χ4v) is 1.64. The number of rotatable bonds is 6. The van der Waals surface area contributed by atoms with Crippen molar-refractivity contribution in [3.05, 3.63) is 42.0 Å². The summed E-state index contributed by atoms with van der Waals surface area (Å²) in [7, 11) is 1.54. The van der Waals surface area contributed by atoms with Crippen molar-refractivity contribution in [3.63, 3.8) is 0 Å². The lowest BCUT2D eigenvalue weighted by Crippen LogP contribution is -2.06. The number of benzene rings is 1. The molecule has 0 unspecified atom stereocenters. The van der Waals surface area contributed by atoms with Crippen LogP contribution < -0.4 is 14.8 Å². The summed E-state index contributed by atoms with van der Waals surface area (Å²) in [6, 6.07) is 7.33. The summed E-state index contributed by atoms with van der Waals surface area (Å²) in [6.45, 7) is 2.47. The lowest BCUT2D eigenvalue weighted by atomic mass is 10.3. The van der Waals surface area contributed by atoms with Crippen LogP contribution in [-0.4, -0.2) is 18.6 Å². The van der Waals surface area contributed by atoms with Gasteiger partial charge in [-0.1, -0.05) is 6.92 Å². The Labute approximate surface area is 121 Å². The van der Waals surface area contributed by atoms with Crippen molar-refractivity contribution in [1.82, 2.24) is 4.98 Å². The second kappa shape index (κ2) is 6.88. The highest BCUT2D eigenvalue weighted by atomic mass is 19.1. The molecule has 1 aromatic heterocycles. The quantitative estimate of drug-likeness (QED) is 0.875. The summed E-state index contributed by atoms with van der Waals surface area (Å²) in [6.07, 6.45) is 0.799. The molecule has 0 saturated carbocycles. The number of hydrogen-bond donors (Lipinski definition) is 1. The second-order valence-electron chi connectivity index (χ2n) is 4.31. The van der Waals surface area contributed by atoms with Crippen LogP contribution in [0.4, 0.5) is 14.6 Å². The Morgan fingerprint density at radius 1 is 1.10 bits per heavy atom. The van der Waals surface area contributed by atoms with E-state index < -0.39 is 11.6 Å². The van der Waals surface area contributed by atoms with Gasteiger partial charge in [0.15, 0.2) is 17.5 Å². The minimum absolute atomic E-state index is 0.0261. The summed E-state index contributed by atoms with van der Waals surface area (Å²) in [5.41, 5.74) is 0. The van der Waals surface area contributed by atoms with Crippen molar-refractivity contribution < 1.29 is 18.3 Å². The summed E-state index contributed by atoms with van der Waals surface area (Å²) < 4.78 is 37.6. The van der Waals surface area contributed by atoms with E-state index >= 15 is 0 Å². The van der Waals surface area contributed by atoms with Crippen molar-refractivity contribution >= 4 is 5.82 Å².